The second-order valence-electron chi connectivity index (χ2n) is 12.9. The fraction of sp³-hybridized carbons (Fsp3) is 0.778. The number of alkyl halides is 3. The lowest BCUT2D eigenvalue weighted by Crippen LogP contribution is -2.48. The topological polar surface area (TPSA) is 43.4 Å². The fourth-order valence-electron chi connectivity index (χ4n) is 10.3. The lowest BCUT2D eigenvalue weighted by atomic mass is 9.47. The monoisotopic (exact) mass is 494 g/mol. The average molecular weight is 495 g/mol. The second-order valence-corrected chi connectivity index (χ2v) is 14.5. The van der Waals surface area contributed by atoms with Gasteiger partial charge in [-0.3, -0.25) is 0 Å². The van der Waals surface area contributed by atoms with Gasteiger partial charge in [-0.25, -0.2) is 0 Å². The van der Waals surface area contributed by atoms with Crippen molar-refractivity contribution in [2.75, 3.05) is 0 Å². The van der Waals surface area contributed by atoms with Crippen molar-refractivity contribution in [1.29, 1.82) is 0 Å². The molecule has 0 aliphatic heterocycles. The molecule has 7 heteroatoms. The minimum atomic E-state index is -5.69. The van der Waals surface area contributed by atoms with Gasteiger partial charge < -0.3 is 4.18 Å². The number of benzene rings is 1. The van der Waals surface area contributed by atoms with Gasteiger partial charge >= 0.3 is 15.6 Å². The molecule has 0 atom stereocenters. The number of hydrogen-bond donors (Lipinski definition) is 0. The molecule has 0 heterocycles. The molecule has 0 N–H and O–H groups in total. The lowest BCUT2D eigenvalue weighted by Gasteiger charge is -2.57. The Kier molecular flexibility index (Phi) is 4.64. The van der Waals surface area contributed by atoms with E-state index in [2.05, 4.69) is 6.07 Å². The quantitative estimate of drug-likeness (QED) is 0.337. The Balaban J connectivity index is 1.31. The maximum atomic E-state index is 13.2. The molecule has 3 nitrogen and oxygen atoms in total. The van der Waals surface area contributed by atoms with Gasteiger partial charge in [0.2, 0.25) is 0 Å². The molecule has 8 aliphatic rings. The molecule has 8 saturated carbocycles. The highest BCUT2D eigenvalue weighted by molar-refractivity contribution is 7.88. The molecule has 186 valence electrons. The van der Waals surface area contributed by atoms with E-state index >= 15 is 0 Å². The molecule has 0 radical (unpaired) electrons. The first-order valence-electron chi connectivity index (χ1n) is 13.2. The number of halogens is 3. The van der Waals surface area contributed by atoms with E-state index in [1.807, 2.05) is 0 Å². The predicted molar refractivity (Wildman–Crippen MR) is 122 cm³/mol. The van der Waals surface area contributed by atoms with Crippen LogP contribution < -0.4 is 4.18 Å². The van der Waals surface area contributed by atoms with Crippen molar-refractivity contribution in [2.45, 2.75) is 87.5 Å². The molecule has 0 spiro atoms. The van der Waals surface area contributed by atoms with Crippen molar-refractivity contribution in [3.8, 4) is 5.75 Å². The summed E-state index contributed by atoms with van der Waals surface area (Å²) in [6, 6.07) is 5.56. The summed E-state index contributed by atoms with van der Waals surface area (Å²) in [5.41, 5.74) is -3.37. The Morgan fingerprint density at radius 1 is 0.735 bits per heavy atom. The average Bonchev–Trinajstić information content (AvgIpc) is 2.71. The zero-order valence-corrected chi connectivity index (χ0v) is 20.2. The second kappa shape index (κ2) is 7.17. The van der Waals surface area contributed by atoms with E-state index < -0.39 is 15.6 Å². The Labute approximate surface area is 200 Å². The summed E-state index contributed by atoms with van der Waals surface area (Å²) in [4.78, 5) is 0. The summed E-state index contributed by atoms with van der Waals surface area (Å²) in [5.74, 6) is 4.99. The standard InChI is InChI=1S/C27H33F3O3S/c28-27(29,30)34(31,32)33-24-10-22(25-20-5-15-1-16(7-20)8-21(25)6-15)9-23(11-24)26-12-17-2-18(13-26)4-19(3-17)14-26/h9-11,15-21,25H,1-8,12-14H2. The van der Waals surface area contributed by atoms with Crippen molar-refractivity contribution in [3.63, 3.8) is 0 Å². The van der Waals surface area contributed by atoms with Gasteiger partial charge in [0.05, 0.1) is 0 Å². The van der Waals surface area contributed by atoms with Crippen molar-refractivity contribution in [1.82, 2.24) is 0 Å². The Morgan fingerprint density at radius 3 is 1.74 bits per heavy atom. The molecular weight excluding hydrogens is 461 g/mol. The first kappa shape index (κ1) is 22.0. The van der Waals surface area contributed by atoms with Crippen LogP contribution in [0.4, 0.5) is 13.2 Å². The van der Waals surface area contributed by atoms with Crippen molar-refractivity contribution >= 4 is 10.1 Å². The highest BCUT2D eigenvalue weighted by atomic mass is 32.2. The number of rotatable bonds is 4. The van der Waals surface area contributed by atoms with Crippen LogP contribution in [0, 0.1) is 41.4 Å². The largest absolute Gasteiger partial charge is 0.534 e. The van der Waals surface area contributed by atoms with Crippen molar-refractivity contribution in [2.24, 2.45) is 41.4 Å². The first-order chi connectivity index (χ1) is 16.1. The highest BCUT2D eigenvalue weighted by Gasteiger charge is 2.53. The predicted octanol–water partition coefficient (Wildman–Crippen LogP) is 6.92. The minimum Gasteiger partial charge on any atom is -0.376 e. The molecule has 1 aromatic carbocycles. The smallest absolute Gasteiger partial charge is 0.376 e. The minimum absolute atomic E-state index is 0.0310. The number of hydrogen-bond acceptors (Lipinski definition) is 3. The van der Waals surface area contributed by atoms with Crippen LogP contribution in [0.5, 0.6) is 5.75 Å². The maximum Gasteiger partial charge on any atom is 0.534 e. The lowest BCUT2D eigenvalue weighted by molar-refractivity contribution is -0.0500. The summed E-state index contributed by atoms with van der Waals surface area (Å²) in [5, 5.41) is 0. The van der Waals surface area contributed by atoms with Crippen LogP contribution in [0.2, 0.25) is 0 Å². The van der Waals surface area contributed by atoms with Gasteiger partial charge in [0.15, 0.2) is 0 Å². The van der Waals surface area contributed by atoms with E-state index in [1.54, 1.807) is 12.1 Å². The summed E-state index contributed by atoms with van der Waals surface area (Å²) < 4.78 is 68.4. The normalized spacial score (nSPS) is 44.6. The third-order valence-electron chi connectivity index (χ3n) is 10.7. The van der Waals surface area contributed by atoms with Crippen LogP contribution in [0.1, 0.15) is 87.7 Å². The van der Waals surface area contributed by atoms with Crippen molar-refractivity contribution < 1.29 is 25.8 Å². The van der Waals surface area contributed by atoms with Crippen LogP contribution in [0.3, 0.4) is 0 Å². The highest BCUT2D eigenvalue weighted by Crippen LogP contribution is 2.63. The van der Waals surface area contributed by atoms with Gasteiger partial charge in [0, 0.05) is 0 Å². The van der Waals surface area contributed by atoms with Crippen molar-refractivity contribution in [3.05, 3.63) is 29.3 Å². The fourth-order valence-corrected chi connectivity index (χ4v) is 10.7. The molecule has 34 heavy (non-hydrogen) atoms. The SMILES string of the molecule is O=S(=O)(Oc1cc(C2C3CC4CC(C3)CC2C4)cc(C23CC4CC(CC(C4)C2)C3)c1)C(F)(F)F. The van der Waals surface area contributed by atoms with Crippen LogP contribution in [0.15, 0.2) is 18.2 Å². The van der Waals surface area contributed by atoms with Crippen LogP contribution >= 0.6 is 0 Å². The van der Waals surface area contributed by atoms with E-state index in [4.69, 9.17) is 4.18 Å². The molecular formula is C27H33F3O3S. The van der Waals surface area contributed by atoms with E-state index in [1.165, 1.54) is 51.4 Å². The summed E-state index contributed by atoms with van der Waals surface area (Å²) in [6.45, 7) is 0. The summed E-state index contributed by atoms with van der Waals surface area (Å²) >= 11 is 0. The van der Waals surface area contributed by atoms with Gasteiger partial charge in [-0.1, -0.05) is 6.07 Å². The first-order valence-corrected chi connectivity index (χ1v) is 14.6. The molecule has 0 aromatic heterocycles. The molecule has 8 fully saturated rings. The molecule has 1 aromatic rings. The van der Waals surface area contributed by atoms with E-state index in [0.29, 0.717) is 35.5 Å². The van der Waals surface area contributed by atoms with Gasteiger partial charge in [-0.05, 0) is 147 Å². The Bertz CT molecular complexity index is 1050. The Morgan fingerprint density at radius 2 is 1.24 bits per heavy atom. The van der Waals surface area contributed by atoms with Gasteiger partial charge in [0.25, 0.3) is 0 Å². The van der Waals surface area contributed by atoms with Gasteiger partial charge in [-0.15, -0.1) is 0 Å². The molecule has 0 amide bonds. The molecule has 0 unspecified atom stereocenters. The van der Waals surface area contributed by atoms with Crippen LogP contribution in [-0.4, -0.2) is 13.9 Å². The summed E-state index contributed by atoms with van der Waals surface area (Å²) in [6.07, 6.45) is 13.2. The molecule has 8 aliphatic carbocycles. The van der Waals surface area contributed by atoms with Crippen LogP contribution in [0.25, 0.3) is 0 Å². The van der Waals surface area contributed by atoms with E-state index in [0.717, 1.165) is 42.2 Å². The summed E-state index contributed by atoms with van der Waals surface area (Å²) in [7, 11) is -5.69. The van der Waals surface area contributed by atoms with E-state index in [9.17, 15) is 21.6 Å². The zero-order valence-electron chi connectivity index (χ0n) is 19.4. The van der Waals surface area contributed by atoms with Gasteiger partial charge in [-0.2, -0.15) is 21.6 Å². The zero-order chi connectivity index (χ0) is 23.5. The van der Waals surface area contributed by atoms with Crippen LogP contribution in [-0.2, 0) is 15.5 Å². The maximum absolute atomic E-state index is 13.2. The molecule has 0 saturated heterocycles. The third-order valence-corrected chi connectivity index (χ3v) is 11.7. The third kappa shape index (κ3) is 3.38. The van der Waals surface area contributed by atoms with E-state index in [-0.39, 0.29) is 11.2 Å². The van der Waals surface area contributed by atoms with Gasteiger partial charge in [0.1, 0.15) is 5.75 Å². The molecule has 8 bridgehead atoms. The molecule has 9 rings (SSSR count). The Hall–Kier alpha value is -1.24.